The van der Waals surface area contributed by atoms with Crippen molar-refractivity contribution in [2.45, 2.75) is 18.9 Å². The maximum atomic E-state index is 10.4. The molecule has 1 rings (SSSR count). The average molecular weight is 125 g/mol. The largest absolute Gasteiger partial charge is 0.635 e. The number of nitrogens with two attached hydrogens (primary N) is 1. The first-order valence-corrected chi connectivity index (χ1v) is 3.07. The van der Waals surface area contributed by atoms with Crippen LogP contribution in [0.1, 0.15) is 13.3 Å². The summed E-state index contributed by atoms with van der Waals surface area (Å²) in [5.74, 6) is 0. The van der Waals surface area contributed by atoms with Crippen LogP contribution in [-0.4, -0.2) is 5.54 Å². The van der Waals surface area contributed by atoms with Gasteiger partial charge in [0.25, 0.3) is 0 Å². The molecule has 9 heavy (non-hydrogen) atoms. The van der Waals surface area contributed by atoms with E-state index in [1.165, 1.54) is 0 Å². The highest BCUT2D eigenvalue weighted by Gasteiger charge is 2.19. The number of hydroxylamine groups is 1. The van der Waals surface area contributed by atoms with Crippen molar-refractivity contribution in [1.82, 2.24) is 0 Å². The summed E-state index contributed by atoms with van der Waals surface area (Å²) in [6.07, 6.45) is 8.66. The van der Waals surface area contributed by atoms with Crippen molar-refractivity contribution in [1.29, 1.82) is 0 Å². The maximum absolute atomic E-state index is 10.4. The van der Waals surface area contributed by atoms with Gasteiger partial charge in [-0.3, -0.25) is 0 Å². The minimum absolute atomic E-state index is 0.227. The second-order valence-corrected chi connectivity index (χ2v) is 2.62. The molecule has 1 unspecified atom stereocenters. The quantitative estimate of drug-likeness (QED) is 0.504. The van der Waals surface area contributed by atoms with Crippen LogP contribution in [0.25, 0.3) is 0 Å². The highest BCUT2D eigenvalue weighted by molar-refractivity contribution is 5.16. The zero-order valence-corrected chi connectivity index (χ0v) is 5.50. The van der Waals surface area contributed by atoms with E-state index in [1.807, 2.05) is 31.2 Å². The van der Waals surface area contributed by atoms with E-state index in [4.69, 9.17) is 0 Å². The fourth-order valence-electron chi connectivity index (χ4n) is 0.831. The van der Waals surface area contributed by atoms with Gasteiger partial charge in [-0.05, 0) is 13.0 Å². The molecule has 0 aromatic rings. The number of quaternary nitrogens is 1. The van der Waals surface area contributed by atoms with E-state index in [0.29, 0.717) is 0 Å². The lowest BCUT2D eigenvalue weighted by Gasteiger charge is -2.25. The zero-order valence-electron chi connectivity index (χ0n) is 5.50. The van der Waals surface area contributed by atoms with Gasteiger partial charge in [0, 0.05) is 6.42 Å². The smallest absolute Gasteiger partial charge is 0.115 e. The number of hydrogen-bond acceptors (Lipinski definition) is 1. The molecule has 0 aliphatic heterocycles. The summed E-state index contributed by atoms with van der Waals surface area (Å²) in [6, 6.07) is 0. The van der Waals surface area contributed by atoms with E-state index in [9.17, 15) is 5.21 Å². The number of allylic oxidation sites excluding steroid dienone is 2. The average Bonchev–Trinajstić information content (AvgIpc) is 1.90. The third-order valence-corrected chi connectivity index (χ3v) is 1.55. The summed E-state index contributed by atoms with van der Waals surface area (Å²) in [6.45, 7) is 1.93. The molecule has 2 N–H and O–H groups in total. The molecule has 2 nitrogen and oxygen atoms in total. The molecule has 2 heteroatoms. The Morgan fingerprint density at radius 3 is 2.67 bits per heavy atom. The highest BCUT2D eigenvalue weighted by Crippen LogP contribution is 2.10. The Morgan fingerprint density at radius 1 is 1.56 bits per heavy atom. The fraction of sp³-hybridized carbons (Fsp3) is 0.429. The summed E-state index contributed by atoms with van der Waals surface area (Å²) < 4.78 is 0. The Bertz CT molecular complexity index is 151. The number of hydrogen-bond donors (Lipinski definition) is 1. The molecule has 0 spiro atoms. The van der Waals surface area contributed by atoms with Crippen LogP contribution in [0.3, 0.4) is 0 Å². The Balaban J connectivity index is 2.63. The molecule has 0 fully saturated rings. The Labute approximate surface area is 54.8 Å². The third kappa shape index (κ3) is 1.40. The second kappa shape index (κ2) is 2.33. The zero-order chi connectivity index (χ0) is 6.74. The molecule has 0 radical (unpaired) electrons. The normalized spacial score (nSPS) is 33.1. The van der Waals surface area contributed by atoms with E-state index in [-0.39, 0.29) is 5.54 Å². The van der Waals surface area contributed by atoms with Crippen molar-refractivity contribution in [3.05, 3.63) is 29.5 Å². The predicted octanol–water partition coefficient (Wildman–Crippen LogP) is 0.322. The van der Waals surface area contributed by atoms with Crippen molar-refractivity contribution < 1.29 is 5.48 Å². The van der Waals surface area contributed by atoms with Crippen LogP contribution in [0.4, 0.5) is 0 Å². The third-order valence-electron chi connectivity index (χ3n) is 1.55. The highest BCUT2D eigenvalue weighted by atomic mass is 16.5. The van der Waals surface area contributed by atoms with Gasteiger partial charge < -0.3 is 10.7 Å². The second-order valence-electron chi connectivity index (χ2n) is 2.62. The lowest BCUT2D eigenvalue weighted by atomic mass is 9.95. The van der Waals surface area contributed by atoms with Crippen molar-refractivity contribution in [3.63, 3.8) is 0 Å². The topological polar surface area (TPSA) is 39.7 Å². The molecular weight excluding hydrogens is 114 g/mol. The predicted molar refractivity (Wildman–Crippen MR) is 36.6 cm³/mol. The van der Waals surface area contributed by atoms with Gasteiger partial charge in [0.15, 0.2) is 0 Å². The monoisotopic (exact) mass is 125 g/mol. The van der Waals surface area contributed by atoms with Gasteiger partial charge in [0.05, 0.1) is 0 Å². The van der Waals surface area contributed by atoms with E-state index >= 15 is 0 Å². The summed E-state index contributed by atoms with van der Waals surface area (Å²) >= 11 is 0. The summed E-state index contributed by atoms with van der Waals surface area (Å²) in [4.78, 5) is 0. The standard InChI is InChI=1S/C7H11NO/c1-7(8-9)5-3-2-4-6-7/h2-5H,6,8H2,1H3. The molecule has 0 bridgehead atoms. The first-order valence-electron chi connectivity index (χ1n) is 3.07. The first-order chi connectivity index (χ1) is 4.27. The Hall–Kier alpha value is -0.600. The van der Waals surface area contributed by atoms with Gasteiger partial charge in [0.1, 0.15) is 5.54 Å². The Morgan fingerprint density at radius 2 is 2.33 bits per heavy atom. The number of rotatable bonds is 1. The molecule has 0 saturated heterocycles. The fourth-order valence-corrected chi connectivity index (χ4v) is 0.831. The van der Waals surface area contributed by atoms with E-state index in [0.717, 1.165) is 11.9 Å². The SMILES string of the molecule is CC1([NH2+][O-])C=CC=CC1. The van der Waals surface area contributed by atoms with Crippen LogP contribution in [0.15, 0.2) is 24.3 Å². The van der Waals surface area contributed by atoms with Gasteiger partial charge in [0.2, 0.25) is 0 Å². The van der Waals surface area contributed by atoms with Crippen LogP contribution in [-0.2, 0) is 0 Å². The van der Waals surface area contributed by atoms with Gasteiger partial charge in [-0.15, -0.1) is 0 Å². The van der Waals surface area contributed by atoms with E-state index in [1.54, 1.807) is 0 Å². The summed E-state index contributed by atoms with van der Waals surface area (Å²) in [5, 5.41) is 10.4. The van der Waals surface area contributed by atoms with E-state index < -0.39 is 0 Å². The van der Waals surface area contributed by atoms with Crippen LogP contribution >= 0.6 is 0 Å². The molecule has 50 valence electrons. The van der Waals surface area contributed by atoms with Gasteiger partial charge in [-0.1, -0.05) is 18.2 Å². The van der Waals surface area contributed by atoms with Gasteiger partial charge >= 0.3 is 0 Å². The summed E-state index contributed by atoms with van der Waals surface area (Å²) in [7, 11) is 0. The molecule has 0 heterocycles. The lowest BCUT2D eigenvalue weighted by molar-refractivity contribution is -0.652. The summed E-state index contributed by atoms with van der Waals surface area (Å²) in [5.41, 5.74) is 0.766. The van der Waals surface area contributed by atoms with Gasteiger partial charge in [-0.25, -0.2) is 0 Å². The molecule has 0 aromatic carbocycles. The molecule has 0 saturated carbocycles. The maximum Gasteiger partial charge on any atom is 0.115 e. The molecule has 1 aliphatic carbocycles. The van der Waals surface area contributed by atoms with Gasteiger partial charge in [-0.2, -0.15) is 0 Å². The minimum Gasteiger partial charge on any atom is -0.635 e. The molecule has 0 aromatic heterocycles. The molecular formula is C7H11NO. The van der Waals surface area contributed by atoms with Crippen LogP contribution in [0.2, 0.25) is 0 Å². The van der Waals surface area contributed by atoms with Crippen molar-refractivity contribution in [2.75, 3.05) is 0 Å². The minimum atomic E-state index is -0.227. The van der Waals surface area contributed by atoms with Crippen molar-refractivity contribution >= 4 is 0 Å². The molecule has 1 atom stereocenters. The van der Waals surface area contributed by atoms with Crippen molar-refractivity contribution in [2.24, 2.45) is 0 Å². The first kappa shape index (κ1) is 6.52. The van der Waals surface area contributed by atoms with E-state index in [2.05, 4.69) is 0 Å². The molecule has 0 amide bonds. The Kier molecular flexibility index (Phi) is 1.69. The van der Waals surface area contributed by atoms with Crippen molar-refractivity contribution in [3.8, 4) is 0 Å². The van der Waals surface area contributed by atoms with Crippen LogP contribution in [0.5, 0.6) is 0 Å². The lowest BCUT2D eigenvalue weighted by Crippen LogP contribution is -2.90. The van der Waals surface area contributed by atoms with Crippen LogP contribution < -0.4 is 5.48 Å². The molecule has 1 aliphatic rings. The van der Waals surface area contributed by atoms with Crippen LogP contribution in [0, 0.1) is 5.21 Å².